The summed E-state index contributed by atoms with van der Waals surface area (Å²) in [6.07, 6.45) is 0.931. The van der Waals surface area contributed by atoms with Crippen LogP contribution in [0, 0.1) is 17.8 Å². The van der Waals surface area contributed by atoms with Crippen molar-refractivity contribution in [2.24, 2.45) is 17.8 Å². The Hall–Kier alpha value is -0.570. The largest absolute Gasteiger partial charge is 0.481 e. The van der Waals surface area contributed by atoms with Crippen molar-refractivity contribution in [1.29, 1.82) is 0 Å². The minimum absolute atomic E-state index is 0.0891. The van der Waals surface area contributed by atoms with E-state index >= 15 is 0 Å². The molecule has 0 amide bonds. The quantitative estimate of drug-likeness (QED) is 0.623. The number of hydrogen-bond donors (Lipinski definition) is 2. The summed E-state index contributed by atoms with van der Waals surface area (Å²) in [6, 6.07) is 0. The van der Waals surface area contributed by atoms with E-state index in [1.165, 1.54) is 0 Å². The van der Waals surface area contributed by atoms with Crippen LogP contribution < -0.4 is 0 Å². The molecule has 12 heavy (non-hydrogen) atoms. The van der Waals surface area contributed by atoms with Crippen LogP contribution in [-0.2, 0) is 4.79 Å². The molecule has 1 fully saturated rings. The third-order valence-electron chi connectivity index (χ3n) is 3.16. The smallest absolute Gasteiger partial charge is 0.306 e. The summed E-state index contributed by atoms with van der Waals surface area (Å²) < 4.78 is 0. The minimum Gasteiger partial charge on any atom is -0.481 e. The molecule has 0 aromatic heterocycles. The van der Waals surface area contributed by atoms with Crippen molar-refractivity contribution in [2.45, 2.75) is 32.8 Å². The molecule has 0 saturated heterocycles. The molecule has 1 saturated carbocycles. The van der Waals surface area contributed by atoms with Gasteiger partial charge in [-0.15, -0.1) is 0 Å². The lowest BCUT2D eigenvalue weighted by Gasteiger charge is -2.35. The first-order chi connectivity index (χ1) is 5.54. The van der Waals surface area contributed by atoms with Crippen LogP contribution in [0.1, 0.15) is 26.7 Å². The average molecular weight is 172 g/mol. The molecule has 0 aromatic rings. The van der Waals surface area contributed by atoms with Gasteiger partial charge in [-0.2, -0.15) is 0 Å². The fourth-order valence-corrected chi connectivity index (χ4v) is 1.94. The zero-order valence-corrected chi connectivity index (χ0v) is 7.53. The lowest BCUT2D eigenvalue weighted by molar-refractivity contribution is -0.147. The van der Waals surface area contributed by atoms with Gasteiger partial charge < -0.3 is 10.2 Å². The second-order valence-corrected chi connectivity index (χ2v) is 3.81. The summed E-state index contributed by atoms with van der Waals surface area (Å²) in [5.41, 5.74) is 0. The number of carbonyl (C=O) groups is 1. The van der Waals surface area contributed by atoms with Crippen LogP contribution in [-0.4, -0.2) is 22.3 Å². The maximum absolute atomic E-state index is 10.7. The van der Waals surface area contributed by atoms with Gasteiger partial charge in [-0.3, -0.25) is 4.79 Å². The normalized spacial score (nSPS) is 42.6. The van der Waals surface area contributed by atoms with E-state index in [1.807, 2.05) is 13.8 Å². The van der Waals surface area contributed by atoms with Gasteiger partial charge in [0.05, 0.1) is 12.0 Å². The molecular weight excluding hydrogens is 156 g/mol. The Morgan fingerprint density at radius 1 is 1.25 bits per heavy atom. The Morgan fingerprint density at radius 2 is 1.83 bits per heavy atom. The van der Waals surface area contributed by atoms with Gasteiger partial charge in [-0.25, -0.2) is 0 Å². The van der Waals surface area contributed by atoms with E-state index in [0.29, 0.717) is 12.8 Å². The van der Waals surface area contributed by atoms with E-state index in [1.54, 1.807) is 0 Å². The number of hydrogen-bond acceptors (Lipinski definition) is 2. The number of rotatable bonds is 1. The third kappa shape index (κ3) is 1.61. The Labute approximate surface area is 72.4 Å². The maximum Gasteiger partial charge on any atom is 0.306 e. The topological polar surface area (TPSA) is 57.5 Å². The van der Waals surface area contributed by atoms with Crippen LogP contribution >= 0.6 is 0 Å². The molecule has 0 aromatic carbocycles. The van der Waals surface area contributed by atoms with Gasteiger partial charge in [0.25, 0.3) is 0 Å². The molecule has 0 bridgehead atoms. The predicted molar refractivity (Wildman–Crippen MR) is 44.7 cm³/mol. The molecule has 0 aliphatic heterocycles. The summed E-state index contributed by atoms with van der Waals surface area (Å²) in [5.74, 6) is -0.782. The highest BCUT2D eigenvalue weighted by Crippen LogP contribution is 2.34. The van der Waals surface area contributed by atoms with Crippen molar-refractivity contribution < 1.29 is 15.0 Å². The molecule has 3 heteroatoms. The molecule has 0 spiro atoms. The first kappa shape index (κ1) is 9.52. The highest BCUT2D eigenvalue weighted by molar-refractivity contribution is 5.70. The Morgan fingerprint density at radius 3 is 2.33 bits per heavy atom. The fraction of sp³-hybridized carbons (Fsp3) is 0.889. The molecule has 4 atom stereocenters. The second kappa shape index (κ2) is 3.44. The van der Waals surface area contributed by atoms with Crippen molar-refractivity contribution >= 4 is 5.97 Å². The Bertz CT molecular complexity index is 179. The number of aliphatic carboxylic acids is 1. The van der Waals surface area contributed by atoms with Crippen molar-refractivity contribution in [3.63, 3.8) is 0 Å². The molecule has 1 rings (SSSR count). The van der Waals surface area contributed by atoms with Crippen LogP contribution in [0.25, 0.3) is 0 Å². The van der Waals surface area contributed by atoms with Gasteiger partial charge >= 0.3 is 5.97 Å². The Kier molecular flexibility index (Phi) is 2.73. The third-order valence-corrected chi connectivity index (χ3v) is 3.16. The molecule has 1 aliphatic rings. The highest BCUT2D eigenvalue weighted by Gasteiger charge is 2.36. The molecule has 1 aliphatic carbocycles. The summed E-state index contributed by atoms with van der Waals surface area (Å²) in [5, 5.41) is 18.3. The molecule has 0 radical (unpaired) electrons. The molecule has 3 nitrogen and oxygen atoms in total. The van der Waals surface area contributed by atoms with Crippen molar-refractivity contribution in [1.82, 2.24) is 0 Å². The molecular formula is C9H16O3. The van der Waals surface area contributed by atoms with Gasteiger partial charge in [-0.05, 0) is 24.7 Å². The zero-order chi connectivity index (χ0) is 9.30. The fourth-order valence-electron chi connectivity index (χ4n) is 1.94. The lowest BCUT2D eigenvalue weighted by atomic mass is 9.72. The minimum atomic E-state index is -0.721. The van der Waals surface area contributed by atoms with Gasteiger partial charge in [0.15, 0.2) is 0 Å². The molecule has 2 N–H and O–H groups in total. The standard InChI is InChI=1S/C9H16O3/c1-5-6(2)8(10)4-3-7(5)9(11)12/h5-8,10H,3-4H2,1-2H3,(H,11,12). The van der Waals surface area contributed by atoms with Crippen molar-refractivity contribution in [2.75, 3.05) is 0 Å². The van der Waals surface area contributed by atoms with E-state index < -0.39 is 5.97 Å². The van der Waals surface area contributed by atoms with Crippen LogP contribution in [0.3, 0.4) is 0 Å². The summed E-state index contributed by atoms with van der Waals surface area (Å²) in [7, 11) is 0. The monoisotopic (exact) mass is 172 g/mol. The molecule has 4 unspecified atom stereocenters. The van der Waals surface area contributed by atoms with Gasteiger partial charge in [0.2, 0.25) is 0 Å². The predicted octanol–water partition coefficient (Wildman–Crippen LogP) is 1.11. The highest BCUT2D eigenvalue weighted by atomic mass is 16.4. The summed E-state index contributed by atoms with van der Waals surface area (Å²) in [6.45, 7) is 3.83. The molecule has 0 heterocycles. The number of aliphatic hydroxyl groups excluding tert-OH is 1. The van der Waals surface area contributed by atoms with Gasteiger partial charge in [0.1, 0.15) is 0 Å². The number of carboxylic acids is 1. The van der Waals surface area contributed by atoms with E-state index in [-0.39, 0.29) is 23.9 Å². The Balaban J connectivity index is 2.65. The average Bonchev–Trinajstić information content (AvgIpc) is 2.00. The van der Waals surface area contributed by atoms with Gasteiger partial charge in [0, 0.05) is 0 Å². The second-order valence-electron chi connectivity index (χ2n) is 3.81. The van der Waals surface area contributed by atoms with E-state index in [2.05, 4.69) is 0 Å². The number of carboxylic acid groups (broad SMARTS) is 1. The summed E-state index contributed by atoms with van der Waals surface area (Å²) >= 11 is 0. The number of aliphatic hydroxyl groups is 1. The molecule has 70 valence electrons. The van der Waals surface area contributed by atoms with Crippen molar-refractivity contribution in [3.8, 4) is 0 Å². The first-order valence-corrected chi connectivity index (χ1v) is 4.45. The summed E-state index contributed by atoms with van der Waals surface area (Å²) in [4.78, 5) is 10.7. The van der Waals surface area contributed by atoms with Crippen molar-refractivity contribution in [3.05, 3.63) is 0 Å². The lowest BCUT2D eigenvalue weighted by Crippen LogP contribution is -2.38. The maximum atomic E-state index is 10.7. The SMILES string of the molecule is CC1C(O)CCC(C(=O)O)C1C. The van der Waals surface area contributed by atoms with Crippen LogP contribution in [0.4, 0.5) is 0 Å². The van der Waals surface area contributed by atoms with Crippen LogP contribution in [0.2, 0.25) is 0 Å². The van der Waals surface area contributed by atoms with E-state index in [4.69, 9.17) is 5.11 Å². The van der Waals surface area contributed by atoms with Crippen LogP contribution in [0.15, 0.2) is 0 Å². The van der Waals surface area contributed by atoms with Gasteiger partial charge in [-0.1, -0.05) is 13.8 Å². The van der Waals surface area contributed by atoms with Crippen LogP contribution in [0.5, 0.6) is 0 Å². The van der Waals surface area contributed by atoms with E-state index in [9.17, 15) is 9.90 Å². The zero-order valence-electron chi connectivity index (χ0n) is 7.53. The van der Waals surface area contributed by atoms with E-state index in [0.717, 1.165) is 0 Å². The first-order valence-electron chi connectivity index (χ1n) is 4.45.